The van der Waals surface area contributed by atoms with E-state index in [2.05, 4.69) is 54.7 Å². The first-order valence-corrected chi connectivity index (χ1v) is 7.55. The molecule has 1 saturated heterocycles. The lowest BCUT2D eigenvalue weighted by Gasteiger charge is -2.19. The van der Waals surface area contributed by atoms with Gasteiger partial charge in [0.1, 0.15) is 5.82 Å². The standard InChI is InChI=1S/C12H16Br2N2/c1-9-6-11(14)12(15-7-9)16-5-3-10(8-16)2-4-13/h6-7,10H,2-5,8H2,1H3. The van der Waals surface area contributed by atoms with E-state index >= 15 is 0 Å². The molecule has 2 nitrogen and oxygen atoms in total. The monoisotopic (exact) mass is 346 g/mol. The molecule has 16 heavy (non-hydrogen) atoms. The van der Waals surface area contributed by atoms with Gasteiger partial charge in [-0.2, -0.15) is 0 Å². The molecule has 0 bridgehead atoms. The van der Waals surface area contributed by atoms with Gasteiger partial charge in [0.05, 0.1) is 4.47 Å². The molecule has 1 aromatic heterocycles. The van der Waals surface area contributed by atoms with E-state index in [1.807, 2.05) is 6.20 Å². The number of rotatable bonds is 3. The summed E-state index contributed by atoms with van der Waals surface area (Å²) in [5.74, 6) is 1.91. The Morgan fingerprint density at radius 2 is 2.38 bits per heavy atom. The fourth-order valence-corrected chi connectivity index (χ4v) is 3.54. The lowest BCUT2D eigenvalue weighted by atomic mass is 10.1. The Morgan fingerprint density at radius 1 is 1.56 bits per heavy atom. The van der Waals surface area contributed by atoms with E-state index in [1.165, 1.54) is 18.4 Å². The zero-order chi connectivity index (χ0) is 11.5. The van der Waals surface area contributed by atoms with Crippen LogP contribution >= 0.6 is 31.9 Å². The molecule has 4 heteroatoms. The molecule has 1 unspecified atom stereocenters. The molecule has 1 atom stereocenters. The summed E-state index contributed by atoms with van der Waals surface area (Å²) in [6.07, 6.45) is 4.49. The molecule has 0 saturated carbocycles. The second-order valence-corrected chi connectivity index (χ2v) is 6.04. The maximum absolute atomic E-state index is 4.52. The highest BCUT2D eigenvalue weighted by Crippen LogP contribution is 2.30. The predicted octanol–water partition coefficient (Wildman–Crippen LogP) is 3.76. The lowest BCUT2D eigenvalue weighted by Crippen LogP contribution is -2.21. The number of anilines is 1. The van der Waals surface area contributed by atoms with E-state index in [9.17, 15) is 0 Å². The van der Waals surface area contributed by atoms with E-state index < -0.39 is 0 Å². The summed E-state index contributed by atoms with van der Waals surface area (Å²) in [5, 5.41) is 1.11. The van der Waals surface area contributed by atoms with Crippen LogP contribution in [0.15, 0.2) is 16.7 Å². The van der Waals surface area contributed by atoms with Gasteiger partial charge >= 0.3 is 0 Å². The van der Waals surface area contributed by atoms with Crippen molar-refractivity contribution in [2.24, 2.45) is 5.92 Å². The van der Waals surface area contributed by atoms with Crippen LogP contribution in [-0.2, 0) is 0 Å². The van der Waals surface area contributed by atoms with E-state index in [0.29, 0.717) is 0 Å². The number of aryl methyl sites for hydroxylation is 1. The predicted molar refractivity (Wildman–Crippen MR) is 75.4 cm³/mol. The number of alkyl halides is 1. The van der Waals surface area contributed by atoms with Gasteiger partial charge in [-0.1, -0.05) is 15.9 Å². The summed E-state index contributed by atoms with van der Waals surface area (Å²) in [4.78, 5) is 6.91. The molecule has 0 aromatic carbocycles. The minimum absolute atomic E-state index is 0.814. The van der Waals surface area contributed by atoms with E-state index in [1.54, 1.807) is 0 Å². The molecule has 0 N–H and O–H groups in total. The Bertz CT molecular complexity index is 368. The third-order valence-electron chi connectivity index (χ3n) is 3.06. The topological polar surface area (TPSA) is 16.1 Å². The Balaban J connectivity index is 2.08. The quantitative estimate of drug-likeness (QED) is 0.774. The molecule has 1 aliphatic heterocycles. The molecule has 1 fully saturated rings. The normalized spacial score (nSPS) is 20.4. The van der Waals surface area contributed by atoms with Gasteiger partial charge in [-0.3, -0.25) is 0 Å². The zero-order valence-corrected chi connectivity index (χ0v) is 12.6. The van der Waals surface area contributed by atoms with E-state index in [0.717, 1.165) is 34.6 Å². The van der Waals surface area contributed by atoms with Gasteiger partial charge < -0.3 is 4.90 Å². The van der Waals surface area contributed by atoms with Crippen LogP contribution in [0.3, 0.4) is 0 Å². The number of hydrogen-bond acceptors (Lipinski definition) is 2. The number of hydrogen-bond donors (Lipinski definition) is 0. The smallest absolute Gasteiger partial charge is 0.142 e. The molecule has 0 aliphatic carbocycles. The minimum Gasteiger partial charge on any atom is -0.355 e. The first-order valence-electron chi connectivity index (χ1n) is 5.63. The number of pyridine rings is 1. The number of nitrogens with zero attached hydrogens (tertiary/aromatic N) is 2. The first kappa shape index (κ1) is 12.4. The highest BCUT2D eigenvalue weighted by Gasteiger charge is 2.24. The van der Waals surface area contributed by atoms with Crippen LogP contribution in [0.5, 0.6) is 0 Å². The van der Waals surface area contributed by atoms with Crippen LogP contribution < -0.4 is 4.90 Å². The molecule has 2 rings (SSSR count). The Labute approximate surface area is 114 Å². The van der Waals surface area contributed by atoms with Crippen molar-refractivity contribution in [3.05, 3.63) is 22.3 Å². The van der Waals surface area contributed by atoms with Crippen molar-refractivity contribution < 1.29 is 0 Å². The van der Waals surface area contributed by atoms with Crippen LogP contribution in [-0.4, -0.2) is 23.4 Å². The van der Waals surface area contributed by atoms with Gasteiger partial charge in [-0.05, 0) is 53.2 Å². The van der Waals surface area contributed by atoms with Crippen molar-refractivity contribution in [3.8, 4) is 0 Å². The van der Waals surface area contributed by atoms with Crippen LogP contribution in [0.2, 0.25) is 0 Å². The minimum atomic E-state index is 0.814. The van der Waals surface area contributed by atoms with E-state index in [4.69, 9.17) is 0 Å². The summed E-state index contributed by atoms with van der Waals surface area (Å²) < 4.78 is 1.12. The van der Waals surface area contributed by atoms with Gasteiger partial charge in [0, 0.05) is 24.6 Å². The molecule has 1 aliphatic rings. The molecular weight excluding hydrogens is 332 g/mol. The van der Waals surface area contributed by atoms with Crippen LogP contribution in [0.25, 0.3) is 0 Å². The molecule has 0 spiro atoms. The van der Waals surface area contributed by atoms with E-state index in [-0.39, 0.29) is 0 Å². The number of aromatic nitrogens is 1. The van der Waals surface area contributed by atoms with Gasteiger partial charge in [-0.25, -0.2) is 4.98 Å². The maximum atomic E-state index is 4.52. The van der Waals surface area contributed by atoms with Gasteiger partial charge in [-0.15, -0.1) is 0 Å². The van der Waals surface area contributed by atoms with Crippen molar-refractivity contribution in [2.75, 3.05) is 23.3 Å². The highest BCUT2D eigenvalue weighted by atomic mass is 79.9. The Morgan fingerprint density at radius 3 is 3.06 bits per heavy atom. The van der Waals surface area contributed by atoms with Gasteiger partial charge in [0.2, 0.25) is 0 Å². The van der Waals surface area contributed by atoms with Gasteiger partial charge in [0.15, 0.2) is 0 Å². The average Bonchev–Trinajstić information content (AvgIpc) is 2.67. The third kappa shape index (κ3) is 2.77. The van der Waals surface area contributed by atoms with Crippen LogP contribution in [0.1, 0.15) is 18.4 Å². The second kappa shape index (κ2) is 5.50. The van der Waals surface area contributed by atoms with Crippen LogP contribution in [0, 0.1) is 12.8 Å². The molecule has 2 heterocycles. The van der Waals surface area contributed by atoms with Crippen molar-refractivity contribution in [1.29, 1.82) is 0 Å². The first-order chi connectivity index (χ1) is 7.70. The highest BCUT2D eigenvalue weighted by molar-refractivity contribution is 9.10. The SMILES string of the molecule is Cc1cnc(N2CCC(CCBr)C2)c(Br)c1. The summed E-state index contributed by atoms with van der Waals surface area (Å²) in [5.41, 5.74) is 1.20. The summed E-state index contributed by atoms with van der Waals surface area (Å²) in [7, 11) is 0. The second-order valence-electron chi connectivity index (χ2n) is 4.40. The molecule has 0 radical (unpaired) electrons. The summed E-state index contributed by atoms with van der Waals surface area (Å²) >= 11 is 7.12. The molecular formula is C12H16Br2N2. The summed E-state index contributed by atoms with van der Waals surface area (Å²) in [6.45, 7) is 4.34. The maximum Gasteiger partial charge on any atom is 0.142 e. The fraction of sp³-hybridized carbons (Fsp3) is 0.583. The fourth-order valence-electron chi connectivity index (χ4n) is 2.17. The number of halogens is 2. The van der Waals surface area contributed by atoms with Crippen molar-refractivity contribution in [3.63, 3.8) is 0 Å². The van der Waals surface area contributed by atoms with Crippen LogP contribution in [0.4, 0.5) is 5.82 Å². The van der Waals surface area contributed by atoms with Crippen molar-refractivity contribution in [1.82, 2.24) is 4.98 Å². The third-order valence-corrected chi connectivity index (χ3v) is 4.10. The lowest BCUT2D eigenvalue weighted by molar-refractivity contribution is 0.575. The molecule has 1 aromatic rings. The molecule has 88 valence electrons. The van der Waals surface area contributed by atoms with Crippen molar-refractivity contribution >= 4 is 37.7 Å². The zero-order valence-electron chi connectivity index (χ0n) is 9.42. The van der Waals surface area contributed by atoms with Crippen molar-refractivity contribution in [2.45, 2.75) is 19.8 Å². The Hall–Kier alpha value is -0.0900. The largest absolute Gasteiger partial charge is 0.355 e. The summed E-state index contributed by atoms with van der Waals surface area (Å²) in [6, 6.07) is 2.14. The van der Waals surface area contributed by atoms with Gasteiger partial charge in [0.25, 0.3) is 0 Å². The average molecular weight is 348 g/mol. The Kier molecular flexibility index (Phi) is 4.25. The molecule has 0 amide bonds.